The van der Waals surface area contributed by atoms with Crippen LogP contribution in [0.1, 0.15) is 18.5 Å². The summed E-state index contributed by atoms with van der Waals surface area (Å²) in [5, 5.41) is 5.93. The highest BCUT2D eigenvalue weighted by Gasteiger charge is 2.33. The zero-order chi connectivity index (χ0) is 17.2. The van der Waals surface area contributed by atoms with Crippen molar-refractivity contribution in [1.82, 2.24) is 14.8 Å². The minimum absolute atomic E-state index is 0.302. The third kappa shape index (κ3) is 3.84. The lowest BCUT2D eigenvalue weighted by molar-refractivity contribution is -0.141. The van der Waals surface area contributed by atoms with Crippen LogP contribution >= 0.6 is 0 Å². The highest BCUT2D eigenvalue weighted by atomic mass is 19.4. The molecule has 9 heteroatoms. The Morgan fingerprint density at radius 3 is 2.54 bits per heavy atom. The molecule has 1 amide bonds. The number of carbonyl (C=O) groups is 1. The number of amides is 1. The molecule has 1 saturated heterocycles. The average Bonchev–Trinajstić information content (AvgIpc) is 3.18. The van der Waals surface area contributed by atoms with Crippen molar-refractivity contribution in [2.45, 2.75) is 25.6 Å². The van der Waals surface area contributed by atoms with Gasteiger partial charge in [-0.25, -0.2) is 4.98 Å². The number of pyridine rings is 1. The number of alkyl halides is 3. The van der Waals surface area contributed by atoms with Crippen LogP contribution in [0.25, 0.3) is 0 Å². The van der Waals surface area contributed by atoms with E-state index in [1.807, 2.05) is 6.07 Å². The van der Waals surface area contributed by atoms with E-state index in [-0.39, 0.29) is 6.54 Å². The van der Waals surface area contributed by atoms with E-state index in [1.54, 1.807) is 6.07 Å². The number of hydrogen-bond acceptors (Lipinski definition) is 4. The van der Waals surface area contributed by atoms with Crippen LogP contribution in [-0.2, 0) is 17.5 Å². The van der Waals surface area contributed by atoms with Crippen LogP contribution in [0.5, 0.6) is 0 Å². The summed E-state index contributed by atoms with van der Waals surface area (Å²) in [4.78, 5) is 18.3. The molecular formula is C15H16F3N5O. The topological polar surface area (TPSA) is 63.1 Å². The van der Waals surface area contributed by atoms with E-state index in [9.17, 15) is 18.0 Å². The standard InChI is InChI=1S/C15H16F3N5O/c16-15(17,18)12-5-8-23(21-12)10-14(24)20-11-3-4-13(19-9-11)22-6-1-2-7-22/h3-5,8-9H,1-2,6-7,10H2,(H,20,24). The van der Waals surface area contributed by atoms with Crippen LogP contribution in [0.3, 0.4) is 0 Å². The number of rotatable bonds is 4. The van der Waals surface area contributed by atoms with E-state index in [2.05, 4.69) is 20.3 Å². The second kappa shape index (κ2) is 6.50. The quantitative estimate of drug-likeness (QED) is 0.930. The van der Waals surface area contributed by atoms with E-state index in [1.165, 1.54) is 6.20 Å². The first-order valence-corrected chi connectivity index (χ1v) is 7.53. The average molecular weight is 339 g/mol. The molecule has 0 unspecified atom stereocenters. The summed E-state index contributed by atoms with van der Waals surface area (Å²) in [6.07, 6.45) is 0.428. The summed E-state index contributed by atoms with van der Waals surface area (Å²) >= 11 is 0. The number of aromatic nitrogens is 3. The number of anilines is 2. The molecule has 1 fully saturated rings. The van der Waals surface area contributed by atoms with E-state index >= 15 is 0 Å². The lowest BCUT2D eigenvalue weighted by Gasteiger charge is -2.16. The van der Waals surface area contributed by atoms with Crippen molar-refractivity contribution < 1.29 is 18.0 Å². The van der Waals surface area contributed by atoms with Crippen LogP contribution in [0, 0.1) is 0 Å². The van der Waals surface area contributed by atoms with Gasteiger partial charge in [0.15, 0.2) is 5.69 Å². The van der Waals surface area contributed by atoms with Gasteiger partial charge in [0.1, 0.15) is 12.4 Å². The first kappa shape index (κ1) is 16.3. The molecular weight excluding hydrogens is 323 g/mol. The van der Waals surface area contributed by atoms with Gasteiger partial charge in [0.25, 0.3) is 0 Å². The van der Waals surface area contributed by atoms with Crippen LogP contribution in [0.4, 0.5) is 24.7 Å². The zero-order valence-corrected chi connectivity index (χ0v) is 12.8. The van der Waals surface area contributed by atoms with Crippen molar-refractivity contribution in [2.24, 2.45) is 0 Å². The van der Waals surface area contributed by atoms with Gasteiger partial charge in [-0.15, -0.1) is 0 Å². The van der Waals surface area contributed by atoms with Gasteiger partial charge in [-0.3, -0.25) is 9.48 Å². The van der Waals surface area contributed by atoms with Gasteiger partial charge >= 0.3 is 6.18 Å². The maximum atomic E-state index is 12.5. The summed E-state index contributed by atoms with van der Waals surface area (Å²) in [6, 6.07) is 4.37. The van der Waals surface area contributed by atoms with Gasteiger partial charge in [-0.05, 0) is 31.0 Å². The van der Waals surface area contributed by atoms with Crippen molar-refractivity contribution in [2.75, 3.05) is 23.3 Å². The number of hydrogen-bond donors (Lipinski definition) is 1. The fourth-order valence-electron chi connectivity index (χ4n) is 2.54. The van der Waals surface area contributed by atoms with Gasteiger partial charge in [0.2, 0.25) is 5.91 Å². The zero-order valence-electron chi connectivity index (χ0n) is 12.8. The molecule has 0 aliphatic carbocycles. The minimum Gasteiger partial charge on any atom is -0.357 e. The predicted molar refractivity (Wildman–Crippen MR) is 81.5 cm³/mol. The summed E-state index contributed by atoms with van der Waals surface area (Å²) in [5.41, 5.74) is -0.530. The Morgan fingerprint density at radius 1 is 1.21 bits per heavy atom. The fourth-order valence-corrected chi connectivity index (χ4v) is 2.54. The molecule has 0 aromatic carbocycles. The third-order valence-electron chi connectivity index (χ3n) is 3.70. The Kier molecular flexibility index (Phi) is 4.41. The molecule has 2 aromatic heterocycles. The molecule has 0 saturated carbocycles. The number of nitrogens with zero attached hydrogens (tertiary/aromatic N) is 4. The van der Waals surface area contributed by atoms with Crippen LogP contribution < -0.4 is 10.2 Å². The van der Waals surface area contributed by atoms with Gasteiger partial charge in [-0.1, -0.05) is 0 Å². The molecule has 0 atom stereocenters. The minimum atomic E-state index is -4.52. The third-order valence-corrected chi connectivity index (χ3v) is 3.70. The van der Waals surface area contributed by atoms with Crippen LogP contribution in [0.15, 0.2) is 30.6 Å². The van der Waals surface area contributed by atoms with Crippen molar-refractivity contribution in [3.05, 3.63) is 36.3 Å². The van der Waals surface area contributed by atoms with E-state index in [4.69, 9.17) is 0 Å². The molecule has 1 aliphatic heterocycles. The summed E-state index contributed by atoms with van der Waals surface area (Å²) in [6.45, 7) is 1.64. The van der Waals surface area contributed by atoms with Crippen molar-refractivity contribution in [1.29, 1.82) is 0 Å². The fraction of sp³-hybridized carbons (Fsp3) is 0.400. The summed E-state index contributed by atoms with van der Waals surface area (Å²) < 4.78 is 38.3. The second-order valence-corrected chi connectivity index (χ2v) is 5.54. The molecule has 1 N–H and O–H groups in total. The first-order chi connectivity index (χ1) is 11.4. The van der Waals surface area contributed by atoms with Gasteiger partial charge in [0, 0.05) is 19.3 Å². The Bertz CT molecular complexity index is 705. The Balaban J connectivity index is 1.57. The van der Waals surface area contributed by atoms with Gasteiger partial charge in [0.05, 0.1) is 11.9 Å². The lowest BCUT2D eigenvalue weighted by atomic mass is 10.3. The normalized spacial score (nSPS) is 14.9. The maximum Gasteiger partial charge on any atom is 0.435 e. The summed E-state index contributed by atoms with van der Waals surface area (Å²) in [7, 11) is 0. The Morgan fingerprint density at radius 2 is 1.96 bits per heavy atom. The van der Waals surface area contributed by atoms with Gasteiger partial charge < -0.3 is 10.2 Å². The van der Waals surface area contributed by atoms with E-state index in [0.717, 1.165) is 48.7 Å². The number of nitrogens with one attached hydrogen (secondary N) is 1. The molecule has 3 heterocycles. The van der Waals surface area contributed by atoms with E-state index in [0.29, 0.717) is 5.69 Å². The highest BCUT2D eigenvalue weighted by Crippen LogP contribution is 2.27. The predicted octanol–water partition coefficient (Wildman–Crippen LogP) is 2.54. The molecule has 0 radical (unpaired) electrons. The largest absolute Gasteiger partial charge is 0.435 e. The van der Waals surface area contributed by atoms with Crippen LogP contribution in [-0.4, -0.2) is 33.8 Å². The first-order valence-electron chi connectivity index (χ1n) is 7.53. The molecule has 128 valence electrons. The molecule has 6 nitrogen and oxygen atoms in total. The highest BCUT2D eigenvalue weighted by molar-refractivity contribution is 5.90. The SMILES string of the molecule is O=C(Cn1ccc(C(F)(F)F)n1)Nc1ccc(N2CCCC2)nc1. The Labute approximate surface area is 136 Å². The van der Waals surface area contributed by atoms with Crippen LogP contribution in [0.2, 0.25) is 0 Å². The molecule has 1 aliphatic rings. The summed E-state index contributed by atoms with van der Waals surface area (Å²) in [5.74, 6) is 0.384. The molecule has 24 heavy (non-hydrogen) atoms. The second-order valence-electron chi connectivity index (χ2n) is 5.54. The van der Waals surface area contributed by atoms with Crippen molar-refractivity contribution >= 4 is 17.4 Å². The number of carbonyl (C=O) groups excluding carboxylic acids is 1. The smallest absolute Gasteiger partial charge is 0.357 e. The molecule has 2 aromatic rings. The van der Waals surface area contributed by atoms with Crippen molar-refractivity contribution in [3.8, 4) is 0 Å². The maximum absolute atomic E-state index is 12.5. The lowest BCUT2D eigenvalue weighted by Crippen LogP contribution is -2.21. The van der Waals surface area contributed by atoms with E-state index < -0.39 is 17.8 Å². The van der Waals surface area contributed by atoms with Gasteiger partial charge in [-0.2, -0.15) is 18.3 Å². The molecule has 0 bridgehead atoms. The number of halogens is 3. The molecule has 3 rings (SSSR count). The van der Waals surface area contributed by atoms with Crippen molar-refractivity contribution in [3.63, 3.8) is 0 Å². The molecule has 0 spiro atoms. The Hall–Kier alpha value is -2.58. The monoisotopic (exact) mass is 339 g/mol.